The Labute approximate surface area is 125 Å². The Morgan fingerprint density at radius 2 is 1.90 bits per heavy atom. The molecule has 1 aromatic carbocycles. The van der Waals surface area contributed by atoms with Crippen molar-refractivity contribution in [2.75, 3.05) is 0 Å². The maximum Gasteiger partial charge on any atom is 0.240 e. The summed E-state index contributed by atoms with van der Waals surface area (Å²) in [4.78, 5) is 11.6. The number of carbonyl (C=O) groups excluding carboxylic acids is 1. The van der Waals surface area contributed by atoms with Crippen LogP contribution in [0.3, 0.4) is 0 Å². The molecule has 0 radical (unpaired) electrons. The minimum absolute atomic E-state index is 0.0188. The van der Waals surface area contributed by atoms with E-state index in [4.69, 9.17) is 0 Å². The summed E-state index contributed by atoms with van der Waals surface area (Å²) in [6, 6.07) is 7.06. The number of Topliss-reactive ketones (excluding diaryl/α,β-unsaturated/α-hetero) is 1. The number of hydrogen-bond donors (Lipinski definition) is 2. The Hall–Kier alpha value is -1.24. The van der Waals surface area contributed by atoms with Crippen LogP contribution in [0.4, 0.5) is 0 Å². The van der Waals surface area contributed by atoms with Crippen LogP contribution in [0.15, 0.2) is 29.2 Å². The van der Waals surface area contributed by atoms with E-state index < -0.39 is 10.0 Å². The Morgan fingerprint density at radius 1 is 1.24 bits per heavy atom. The van der Waals surface area contributed by atoms with Crippen LogP contribution in [0.5, 0.6) is 0 Å². The van der Waals surface area contributed by atoms with Crippen LogP contribution in [0.25, 0.3) is 0 Å². The van der Waals surface area contributed by atoms with Gasteiger partial charge >= 0.3 is 0 Å². The highest BCUT2D eigenvalue weighted by Gasteiger charge is 2.35. The number of hydrogen-bond acceptors (Lipinski definition) is 4. The highest BCUT2D eigenvalue weighted by Crippen LogP contribution is 2.27. The molecular formula is C15H20N2O3S. The van der Waals surface area contributed by atoms with Gasteiger partial charge in [0.1, 0.15) is 0 Å². The van der Waals surface area contributed by atoms with Crippen LogP contribution < -0.4 is 10.0 Å². The van der Waals surface area contributed by atoms with Crippen LogP contribution in [-0.4, -0.2) is 32.3 Å². The zero-order valence-corrected chi connectivity index (χ0v) is 12.8. The average molecular weight is 308 g/mol. The van der Waals surface area contributed by atoms with E-state index in [-0.39, 0.29) is 16.7 Å². The summed E-state index contributed by atoms with van der Waals surface area (Å²) in [5.41, 5.74) is 0.420. The first kappa shape index (κ1) is 14.7. The summed E-state index contributed by atoms with van der Waals surface area (Å²) in [7, 11) is -3.56. The Kier molecular flexibility index (Phi) is 3.86. The monoisotopic (exact) mass is 308 g/mol. The maximum absolute atomic E-state index is 12.5. The molecule has 2 fully saturated rings. The summed E-state index contributed by atoms with van der Waals surface area (Å²) >= 11 is 0. The summed E-state index contributed by atoms with van der Waals surface area (Å²) < 4.78 is 27.7. The van der Waals surface area contributed by atoms with Gasteiger partial charge in [-0.05, 0) is 44.7 Å². The standard InChI is InChI=1S/C15H20N2O3S/c1-10(18)11-3-2-4-15(7-11)21(19,20)17-14-8-12-5-6-13(9-14)16-12/h2-4,7,12-14,16-17H,5-6,8-9H2,1H3. The first-order valence-electron chi connectivity index (χ1n) is 7.33. The second-order valence-corrected chi connectivity index (χ2v) is 7.73. The molecule has 2 N–H and O–H groups in total. The predicted octanol–water partition coefficient (Wildman–Crippen LogP) is 1.45. The minimum atomic E-state index is -3.56. The molecule has 0 spiro atoms. The molecule has 1 aromatic rings. The molecule has 3 rings (SSSR count). The van der Waals surface area contributed by atoms with Crippen molar-refractivity contribution < 1.29 is 13.2 Å². The molecule has 0 saturated carbocycles. The largest absolute Gasteiger partial charge is 0.311 e. The number of benzene rings is 1. The quantitative estimate of drug-likeness (QED) is 0.826. The fourth-order valence-electron chi connectivity index (χ4n) is 3.32. The molecule has 0 aliphatic carbocycles. The summed E-state index contributed by atoms with van der Waals surface area (Å²) in [5.74, 6) is -0.132. The second kappa shape index (κ2) is 5.51. The lowest BCUT2D eigenvalue weighted by molar-refractivity contribution is 0.101. The van der Waals surface area contributed by atoms with Gasteiger partial charge in [0, 0.05) is 23.7 Å². The van der Waals surface area contributed by atoms with Gasteiger partial charge in [0.25, 0.3) is 0 Å². The van der Waals surface area contributed by atoms with E-state index in [2.05, 4.69) is 10.0 Å². The van der Waals surface area contributed by atoms with Crippen LogP contribution in [-0.2, 0) is 10.0 Å². The normalized spacial score (nSPS) is 28.5. The SMILES string of the molecule is CC(=O)c1cccc(S(=O)(=O)NC2CC3CCC(C2)N3)c1. The molecule has 0 amide bonds. The van der Waals surface area contributed by atoms with Gasteiger partial charge in [0.15, 0.2) is 5.78 Å². The molecule has 2 atom stereocenters. The number of fused-ring (bicyclic) bond motifs is 2. The number of carbonyl (C=O) groups is 1. The number of sulfonamides is 1. The van der Waals surface area contributed by atoms with Crippen molar-refractivity contribution in [2.24, 2.45) is 0 Å². The lowest BCUT2D eigenvalue weighted by atomic mass is 10.0. The topological polar surface area (TPSA) is 75.3 Å². The van der Waals surface area contributed by atoms with Crippen molar-refractivity contribution in [1.29, 1.82) is 0 Å². The molecule has 2 bridgehead atoms. The van der Waals surface area contributed by atoms with E-state index in [0.717, 1.165) is 25.7 Å². The second-order valence-electron chi connectivity index (χ2n) is 6.01. The molecule has 114 valence electrons. The molecule has 2 saturated heterocycles. The fraction of sp³-hybridized carbons (Fsp3) is 0.533. The van der Waals surface area contributed by atoms with Crippen molar-refractivity contribution in [1.82, 2.24) is 10.0 Å². The van der Waals surface area contributed by atoms with Gasteiger partial charge in [-0.1, -0.05) is 12.1 Å². The highest BCUT2D eigenvalue weighted by atomic mass is 32.2. The van der Waals surface area contributed by atoms with Gasteiger partial charge in [-0.25, -0.2) is 13.1 Å². The maximum atomic E-state index is 12.5. The third-order valence-corrected chi connectivity index (χ3v) is 5.86. The molecule has 21 heavy (non-hydrogen) atoms. The van der Waals surface area contributed by atoms with Crippen molar-refractivity contribution in [3.8, 4) is 0 Å². The smallest absolute Gasteiger partial charge is 0.240 e. The Balaban J connectivity index is 1.77. The summed E-state index contributed by atoms with van der Waals surface area (Å²) in [5, 5.41) is 3.49. The molecule has 5 nitrogen and oxygen atoms in total. The molecule has 2 aliphatic heterocycles. The van der Waals surface area contributed by atoms with Crippen molar-refractivity contribution >= 4 is 15.8 Å². The summed E-state index contributed by atoms with van der Waals surface area (Å²) in [6.07, 6.45) is 3.93. The molecule has 6 heteroatoms. The molecular weight excluding hydrogens is 288 g/mol. The van der Waals surface area contributed by atoms with Gasteiger partial charge in [0.05, 0.1) is 4.90 Å². The highest BCUT2D eigenvalue weighted by molar-refractivity contribution is 7.89. The van der Waals surface area contributed by atoms with E-state index in [0.29, 0.717) is 17.6 Å². The van der Waals surface area contributed by atoms with Crippen molar-refractivity contribution in [3.05, 3.63) is 29.8 Å². The molecule has 2 heterocycles. The summed E-state index contributed by atoms with van der Waals surface area (Å²) in [6.45, 7) is 1.43. The van der Waals surface area contributed by atoms with Crippen molar-refractivity contribution in [3.63, 3.8) is 0 Å². The van der Waals surface area contributed by atoms with E-state index in [1.807, 2.05) is 0 Å². The lowest BCUT2D eigenvalue weighted by Crippen LogP contribution is -2.47. The van der Waals surface area contributed by atoms with E-state index in [1.54, 1.807) is 12.1 Å². The minimum Gasteiger partial charge on any atom is -0.311 e. The third-order valence-electron chi connectivity index (χ3n) is 4.35. The van der Waals surface area contributed by atoms with E-state index in [9.17, 15) is 13.2 Å². The molecule has 2 unspecified atom stereocenters. The molecule has 2 aliphatic rings. The van der Waals surface area contributed by atoms with Gasteiger partial charge in [-0.3, -0.25) is 4.79 Å². The van der Waals surface area contributed by atoms with Crippen LogP contribution >= 0.6 is 0 Å². The van der Waals surface area contributed by atoms with E-state index >= 15 is 0 Å². The zero-order valence-electron chi connectivity index (χ0n) is 12.0. The first-order chi connectivity index (χ1) is 9.94. The third kappa shape index (κ3) is 3.17. The average Bonchev–Trinajstić information content (AvgIpc) is 2.77. The lowest BCUT2D eigenvalue weighted by Gasteiger charge is -2.29. The number of ketones is 1. The number of nitrogens with one attached hydrogen (secondary N) is 2. The van der Waals surface area contributed by atoms with Crippen LogP contribution in [0.1, 0.15) is 43.0 Å². The van der Waals surface area contributed by atoms with Crippen LogP contribution in [0, 0.1) is 0 Å². The number of rotatable bonds is 4. The Morgan fingerprint density at radius 3 is 2.52 bits per heavy atom. The fourth-order valence-corrected chi connectivity index (χ4v) is 4.63. The van der Waals surface area contributed by atoms with Crippen molar-refractivity contribution in [2.45, 2.75) is 55.6 Å². The van der Waals surface area contributed by atoms with Gasteiger partial charge < -0.3 is 5.32 Å². The van der Waals surface area contributed by atoms with Gasteiger partial charge in [-0.2, -0.15) is 0 Å². The Bertz CT molecular complexity index is 645. The zero-order chi connectivity index (χ0) is 15.0. The van der Waals surface area contributed by atoms with Gasteiger partial charge in [-0.15, -0.1) is 0 Å². The number of piperidine rings is 1. The van der Waals surface area contributed by atoms with E-state index in [1.165, 1.54) is 19.1 Å². The van der Waals surface area contributed by atoms with Gasteiger partial charge in [0.2, 0.25) is 10.0 Å². The molecule has 0 aromatic heterocycles. The predicted molar refractivity (Wildman–Crippen MR) is 79.7 cm³/mol. The first-order valence-corrected chi connectivity index (χ1v) is 8.82. The van der Waals surface area contributed by atoms with Crippen LogP contribution in [0.2, 0.25) is 0 Å².